The Labute approximate surface area is 106 Å². The van der Waals surface area contributed by atoms with Crippen LogP contribution in [-0.2, 0) is 9.47 Å². The van der Waals surface area contributed by atoms with Crippen molar-refractivity contribution in [2.75, 3.05) is 26.4 Å². The molecule has 7 heteroatoms. The SMILES string of the molecule is CCOC(=O)NCCCC(CF)NC(=O)OCC. The molecule has 0 spiro atoms. The predicted octanol–water partition coefficient (Wildman–Crippen LogP) is 1.60. The Kier molecular flexibility index (Phi) is 9.71. The zero-order valence-electron chi connectivity index (χ0n) is 10.8. The average Bonchev–Trinajstić information content (AvgIpc) is 2.33. The largest absolute Gasteiger partial charge is 0.450 e. The average molecular weight is 264 g/mol. The van der Waals surface area contributed by atoms with E-state index in [-0.39, 0.29) is 6.61 Å². The highest BCUT2D eigenvalue weighted by Gasteiger charge is 2.12. The van der Waals surface area contributed by atoms with Gasteiger partial charge in [0.25, 0.3) is 0 Å². The number of alkyl halides is 1. The molecule has 0 radical (unpaired) electrons. The molecule has 2 amide bonds. The summed E-state index contributed by atoms with van der Waals surface area (Å²) in [5.74, 6) is 0. The van der Waals surface area contributed by atoms with Crippen LogP contribution in [0, 0.1) is 0 Å². The number of nitrogens with one attached hydrogen (secondary N) is 2. The van der Waals surface area contributed by atoms with Gasteiger partial charge in [-0.05, 0) is 26.7 Å². The van der Waals surface area contributed by atoms with Crippen molar-refractivity contribution in [3.05, 3.63) is 0 Å². The summed E-state index contributed by atoms with van der Waals surface area (Å²) in [6.45, 7) is 3.64. The molecule has 18 heavy (non-hydrogen) atoms. The van der Waals surface area contributed by atoms with E-state index in [0.29, 0.717) is 26.0 Å². The Bertz CT molecular complexity index is 251. The highest BCUT2D eigenvalue weighted by atomic mass is 19.1. The van der Waals surface area contributed by atoms with Gasteiger partial charge in [-0.3, -0.25) is 0 Å². The standard InChI is InChI=1S/C11H21FN2O4/c1-3-17-10(15)13-7-5-6-9(8-12)14-11(16)18-4-2/h9H,3-8H2,1-2H3,(H,13,15)(H,14,16). The number of amides is 2. The maximum atomic E-state index is 12.6. The van der Waals surface area contributed by atoms with Crippen LogP contribution in [0.15, 0.2) is 0 Å². The van der Waals surface area contributed by atoms with Gasteiger partial charge in [-0.2, -0.15) is 0 Å². The fraction of sp³-hybridized carbons (Fsp3) is 0.818. The number of carbonyl (C=O) groups is 2. The first-order chi connectivity index (χ1) is 8.63. The van der Waals surface area contributed by atoms with Crippen molar-refractivity contribution in [1.82, 2.24) is 10.6 Å². The smallest absolute Gasteiger partial charge is 0.407 e. The van der Waals surface area contributed by atoms with Gasteiger partial charge in [-0.25, -0.2) is 14.0 Å². The molecule has 0 aliphatic rings. The van der Waals surface area contributed by atoms with E-state index in [2.05, 4.69) is 20.1 Å². The molecule has 106 valence electrons. The predicted molar refractivity (Wildman–Crippen MR) is 64.2 cm³/mol. The molecule has 0 aliphatic carbocycles. The Balaban J connectivity index is 3.67. The van der Waals surface area contributed by atoms with Gasteiger partial charge in [0.15, 0.2) is 0 Å². The van der Waals surface area contributed by atoms with Crippen LogP contribution < -0.4 is 10.6 Å². The molecule has 0 heterocycles. The maximum absolute atomic E-state index is 12.6. The van der Waals surface area contributed by atoms with Gasteiger partial charge in [0, 0.05) is 6.54 Å². The number of hydrogen-bond donors (Lipinski definition) is 2. The van der Waals surface area contributed by atoms with E-state index in [4.69, 9.17) is 0 Å². The Morgan fingerprint density at radius 3 is 2.33 bits per heavy atom. The molecule has 0 saturated carbocycles. The molecule has 0 aromatic heterocycles. The van der Waals surface area contributed by atoms with Crippen LogP contribution in [0.3, 0.4) is 0 Å². The third-order valence-electron chi connectivity index (χ3n) is 2.06. The van der Waals surface area contributed by atoms with E-state index in [1.165, 1.54) is 0 Å². The maximum Gasteiger partial charge on any atom is 0.407 e. The van der Waals surface area contributed by atoms with Crippen LogP contribution in [-0.4, -0.2) is 44.7 Å². The summed E-state index contributed by atoms with van der Waals surface area (Å²) in [6.07, 6.45) is -0.159. The summed E-state index contributed by atoms with van der Waals surface area (Å²) in [7, 11) is 0. The minimum absolute atomic E-state index is 0.245. The molecular weight excluding hydrogens is 243 g/mol. The van der Waals surface area contributed by atoms with Gasteiger partial charge < -0.3 is 20.1 Å². The minimum atomic E-state index is -0.668. The fourth-order valence-electron chi connectivity index (χ4n) is 1.25. The van der Waals surface area contributed by atoms with Crippen molar-refractivity contribution in [2.24, 2.45) is 0 Å². The van der Waals surface area contributed by atoms with Gasteiger partial charge in [0.05, 0.1) is 19.3 Å². The third-order valence-corrected chi connectivity index (χ3v) is 2.06. The second-order valence-electron chi connectivity index (χ2n) is 3.51. The van der Waals surface area contributed by atoms with Crippen molar-refractivity contribution < 1.29 is 23.5 Å². The molecule has 0 bridgehead atoms. The molecule has 0 aliphatic heterocycles. The van der Waals surface area contributed by atoms with Gasteiger partial charge >= 0.3 is 12.2 Å². The molecular formula is C11H21FN2O4. The quantitative estimate of drug-likeness (QED) is 0.653. The molecule has 1 unspecified atom stereocenters. The Morgan fingerprint density at radius 2 is 1.78 bits per heavy atom. The molecule has 0 saturated heterocycles. The Morgan fingerprint density at radius 1 is 1.17 bits per heavy atom. The van der Waals surface area contributed by atoms with Crippen LogP contribution in [0.25, 0.3) is 0 Å². The van der Waals surface area contributed by atoms with Crippen LogP contribution >= 0.6 is 0 Å². The fourth-order valence-corrected chi connectivity index (χ4v) is 1.25. The first-order valence-electron chi connectivity index (χ1n) is 6.03. The number of carbonyl (C=O) groups excluding carboxylic acids is 2. The second-order valence-corrected chi connectivity index (χ2v) is 3.51. The number of hydrogen-bond acceptors (Lipinski definition) is 4. The molecule has 2 N–H and O–H groups in total. The lowest BCUT2D eigenvalue weighted by Gasteiger charge is -2.14. The topological polar surface area (TPSA) is 76.7 Å². The van der Waals surface area contributed by atoms with E-state index in [0.717, 1.165) is 0 Å². The summed E-state index contributed by atoms with van der Waals surface area (Å²) in [4.78, 5) is 22.0. The number of alkyl carbamates (subject to hydrolysis) is 2. The summed E-state index contributed by atoms with van der Waals surface area (Å²) in [5, 5.41) is 4.91. The first-order valence-corrected chi connectivity index (χ1v) is 6.03. The van der Waals surface area contributed by atoms with E-state index in [9.17, 15) is 14.0 Å². The minimum Gasteiger partial charge on any atom is -0.450 e. The summed E-state index contributed by atoms with van der Waals surface area (Å²) in [5.41, 5.74) is 0. The van der Waals surface area contributed by atoms with Gasteiger partial charge in [0.2, 0.25) is 0 Å². The lowest BCUT2D eigenvalue weighted by Crippen LogP contribution is -2.37. The molecule has 0 rings (SSSR count). The third kappa shape index (κ3) is 8.60. The van der Waals surface area contributed by atoms with Crippen LogP contribution in [0.5, 0.6) is 0 Å². The van der Waals surface area contributed by atoms with Crippen molar-refractivity contribution >= 4 is 12.2 Å². The summed E-state index contributed by atoms with van der Waals surface area (Å²) in [6, 6.07) is -0.590. The van der Waals surface area contributed by atoms with Crippen molar-refractivity contribution in [1.29, 1.82) is 0 Å². The molecule has 0 aromatic carbocycles. The van der Waals surface area contributed by atoms with Gasteiger partial charge in [0.1, 0.15) is 6.67 Å². The van der Waals surface area contributed by atoms with E-state index < -0.39 is 24.9 Å². The highest BCUT2D eigenvalue weighted by Crippen LogP contribution is 1.98. The summed E-state index contributed by atoms with van der Waals surface area (Å²) >= 11 is 0. The molecule has 0 fully saturated rings. The zero-order valence-corrected chi connectivity index (χ0v) is 10.8. The van der Waals surface area contributed by atoms with Crippen molar-refractivity contribution in [3.63, 3.8) is 0 Å². The van der Waals surface area contributed by atoms with Gasteiger partial charge in [-0.15, -0.1) is 0 Å². The molecule has 6 nitrogen and oxygen atoms in total. The first kappa shape index (κ1) is 16.5. The molecule has 1 atom stereocenters. The monoisotopic (exact) mass is 264 g/mol. The Hall–Kier alpha value is -1.53. The lowest BCUT2D eigenvalue weighted by molar-refractivity contribution is 0.143. The second kappa shape index (κ2) is 10.6. The zero-order chi connectivity index (χ0) is 13.8. The van der Waals surface area contributed by atoms with Crippen LogP contribution in [0.4, 0.5) is 14.0 Å². The van der Waals surface area contributed by atoms with Crippen molar-refractivity contribution in [2.45, 2.75) is 32.7 Å². The van der Waals surface area contributed by atoms with E-state index >= 15 is 0 Å². The lowest BCUT2D eigenvalue weighted by atomic mass is 10.2. The van der Waals surface area contributed by atoms with Crippen molar-refractivity contribution in [3.8, 4) is 0 Å². The van der Waals surface area contributed by atoms with E-state index in [1.807, 2.05) is 0 Å². The normalized spacial score (nSPS) is 11.5. The van der Waals surface area contributed by atoms with E-state index in [1.54, 1.807) is 13.8 Å². The number of halogens is 1. The number of rotatable bonds is 8. The highest BCUT2D eigenvalue weighted by molar-refractivity contribution is 5.67. The number of ether oxygens (including phenoxy) is 2. The van der Waals surface area contributed by atoms with Crippen LogP contribution in [0.1, 0.15) is 26.7 Å². The van der Waals surface area contributed by atoms with Crippen LogP contribution in [0.2, 0.25) is 0 Å². The van der Waals surface area contributed by atoms with Gasteiger partial charge in [-0.1, -0.05) is 0 Å². The molecule has 0 aromatic rings. The summed E-state index contributed by atoms with van der Waals surface area (Å²) < 4.78 is 21.9.